The Morgan fingerprint density at radius 3 is 2.71 bits per heavy atom. The molecule has 7 heteroatoms. The van der Waals surface area contributed by atoms with Gasteiger partial charge in [0.15, 0.2) is 0 Å². The van der Waals surface area contributed by atoms with E-state index in [2.05, 4.69) is 22.8 Å². The Hall–Kier alpha value is -2.41. The number of hydrogen-bond acceptors (Lipinski definition) is 4. The quantitative estimate of drug-likeness (QED) is 0.644. The van der Waals surface area contributed by atoms with Crippen LogP contribution in [0.1, 0.15) is 41.9 Å². The number of likely N-dealkylation sites (tertiary alicyclic amines) is 1. The van der Waals surface area contributed by atoms with E-state index in [0.29, 0.717) is 31.1 Å². The lowest BCUT2D eigenvalue weighted by Crippen LogP contribution is -2.52. The van der Waals surface area contributed by atoms with Gasteiger partial charge in [-0.15, -0.1) is 0 Å². The second-order valence-corrected chi connectivity index (χ2v) is 8.70. The summed E-state index contributed by atoms with van der Waals surface area (Å²) in [6.07, 6.45) is 2.43. The van der Waals surface area contributed by atoms with Gasteiger partial charge >= 0.3 is 0 Å². The van der Waals surface area contributed by atoms with Crippen LogP contribution in [0, 0.1) is 0 Å². The van der Waals surface area contributed by atoms with E-state index in [9.17, 15) is 9.59 Å². The summed E-state index contributed by atoms with van der Waals surface area (Å²) in [6, 6.07) is 14.9. The van der Waals surface area contributed by atoms with Crippen LogP contribution in [0.15, 0.2) is 48.5 Å². The maximum absolute atomic E-state index is 13.4. The number of carbonyl (C=O) groups excluding carboxylic acids is 2. The molecule has 0 aliphatic carbocycles. The molecule has 2 aliphatic heterocycles. The Morgan fingerprint density at radius 1 is 1.13 bits per heavy atom. The third-order valence-electron chi connectivity index (χ3n) is 6.40. The molecule has 0 saturated carbocycles. The van der Waals surface area contributed by atoms with Gasteiger partial charge in [0, 0.05) is 30.6 Å². The number of nitrogens with two attached hydrogens (primary N) is 1. The molecule has 4 N–H and O–H groups in total. The number of benzene rings is 2. The lowest BCUT2D eigenvalue weighted by molar-refractivity contribution is -0.140. The van der Waals surface area contributed by atoms with E-state index in [1.165, 1.54) is 5.56 Å². The van der Waals surface area contributed by atoms with E-state index in [-0.39, 0.29) is 23.8 Å². The van der Waals surface area contributed by atoms with Crippen LogP contribution < -0.4 is 16.4 Å². The molecule has 0 aromatic heterocycles. The lowest BCUT2D eigenvalue weighted by Gasteiger charge is -2.29. The van der Waals surface area contributed by atoms with E-state index >= 15 is 0 Å². The van der Waals surface area contributed by atoms with E-state index < -0.39 is 6.04 Å². The molecule has 2 fully saturated rings. The minimum atomic E-state index is -0.438. The van der Waals surface area contributed by atoms with Gasteiger partial charge in [0.05, 0.1) is 6.04 Å². The van der Waals surface area contributed by atoms with Gasteiger partial charge in [0.1, 0.15) is 6.04 Å². The molecule has 2 amide bonds. The minimum absolute atomic E-state index is 0.0226. The molecule has 0 bridgehead atoms. The Labute approximate surface area is 188 Å². The Balaban J connectivity index is 1.43. The van der Waals surface area contributed by atoms with Crippen molar-refractivity contribution in [2.24, 2.45) is 5.73 Å². The largest absolute Gasteiger partial charge is 0.350 e. The molecular formula is C24H29ClN4O2. The Bertz CT molecular complexity index is 936. The fourth-order valence-corrected chi connectivity index (χ4v) is 4.96. The molecule has 2 saturated heterocycles. The van der Waals surface area contributed by atoms with E-state index in [1.807, 2.05) is 30.3 Å². The summed E-state index contributed by atoms with van der Waals surface area (Å²) in [5, 5.41) is 6.97. The summed E-state index contributed by atoms with van der Waals surface area (Å²) in [6.45, 7) is 2.14. The van der Waals surface area contributed by atoms with Gasteiger partial charge in [-0.25, -0.2) is 0 Å². The lowest BCUT2D eigenvalue weighted by atomic mass is 9.91. The van der Waals surface area contributed by atoms with Gasteiger partial charge in [-0.3, -0.25) is 9.59 Å². The molecule has 2 heterocycles. The minimum Gasteiger partial charge on any atom is -0.350 e. The molecule has 0 radical (unpaired) electrons. The summed E-state index contributed by atoms with van der Waals surface area (Å²) in [4.78, 5) is 28.2. The van der Waals surface area contributed by atoms with Gasteiger partial charge in [-0.2, -0.15) is 0 Å². The molecule has 2 aliphatic rings. The first-order chi connectivity index (χ1) is 15.1. The zero-order chi connectivity index (χ0) is 21.8. The summed E-state index contributed by atoms with van der Waals surface area (Å²) in [5.41, 5.74) is 8.83. The van der Waals surface area contributed by atoms with Crippen molar-refractivity contribution in [3.05, 3.63) is 70.2 Å². The maximum Gasteiger partial charge on any atom is 0.243 e. The van der Waals surface area contributed by atoms with Gasteiger partial charge in [0.2, 0.25) is 11.8 Å². The van der Waals surface area contributed by atoms with Crippen LogP contribution in [-0.2, 0) is 22.7 Å². The van der Waals surface area contributed by atoms with Crippen LogP contribution in [0.5, 0.6) is 0 Å². The number of hydrogen-bond donors (Lipinski definition) is 3. The van der Waals surface area contributed by atoms with Crippen molar-refractivity contribution in [2.45, 2.75) is 50.4 Å². The highest BCUT2D eigenvalue weighted by Crippen LogP contribution is 2.30. The van der Waals surface area contributed by atoms with Crippen molar-refractivity contribution in [3.8, 4) is 0 Å². The van der Waals surface area contributed by atoms with Crippen molar-refractivity contribution >= 4 is 23.4 Å². The molecule has 31 heavy (non-hydrogen) atoms. The van der Waals surface area contributed by atoms with Crippen LogP contribution in [0.4, 0.5) is 0 Å². The Morgan fingerprint density at radius 2 is 1.94 bits per heavy atom. The molecule has 4 rings (SSSR count). The molecule has 6 nitrogen and oxygen atoms in total. The summed E-state index contributed by atoms with van der Waals surface area (Å²) in [7, 11) is 0. The van der Waals surface area contributed by atoms with Crippen molar-refractivity contribution in [1.29, 1.82) is 0 Å². The van der Waals surface area contributed by atoms with E-state index in [0.717, 1.165) is 30.5 Å². The van der Waals surface area contributed by atoms with Crippen LogP contribution in [0.3, 0.4) is 0 Å². The molecular weight excluding hydrogens is 412 g/mol. The highest BCUT2D eigenvalue weighted by atomic mass is 35.5. The number of halogens is 1. The van der Waals surface area contributed by atoms with Crippen molar-refractivity contribution in [2.75, 3.05) is 13.1 Å². The fraction of sp³-hybridized carbons (Fsp3) is 0.417. The second kappa shape index (κ2) is 9.81. The van der Waals surface area contributed by atoms with E-state index in [1.54, 1.807) is 11.0 Å². The van der Waals surface area contributed by atoms with Crippen molar-refractivity contribution in [1.82, 2.24) is 15.5 Å². The van der Waals surface area contributed by atoms with Gasteiger partial charge in [-0.05, 0) is 54.6 Å². The molecule has 2 aromatic carbocycles. The van der Waals surface area contributed by atoms with Gasteiger partial charge in [0.25, 0.3) is 0 Å². The maximum atomic E-state index is 13.4. The molecule has 164 valence electrons. The second-order valence-electron chi connectivity index (χ2n) is 8.26. The number of amides is 2. The summed E-state index contributed by atoms with van der Waals surface area (Å²) in [5.74, 6) is 0.0362. The average Bonchev–Trinajstić information content (AvgIpc) is 3.48. The number of rotatable bonds is 6. The van der Waals surface area contributed by atoms with Crippen molar-refractivity contribution < 1.29 is 9.59 Å². The highest BCUT2D eigenvalue weighted by molar-refractivity contribution is 6.30. The normalized spacial score (nSPS) is 23.2. The fourth-order valence-electron chi connectivity index (χ4n) is 4.76. The van der Waals surface area contributed by atoms with Gasteiger partial charge < -0.3 is 21.3 Å². The molecule has 3 atom stereocenters. The van der Waals surface area contributed by atoms with Crippen LogP contribution in [0.25, 0.3) is 0 Å². The Kier molecular flexibility index (Phi) is 6.90. The monoisotopic (exact) mass is 440 g/mol. The first kappa shape index (κ1) is 21.8. The molecule has 0 spiro atoms. The first-order valence-electron chi connectivity index (χ1n) is 10.9. The number of nitrogens with zero attached hydrogens (tertiary/aromatic N) is 1. The van der Waals surface area contributed by atoms with Crippen LogP contribution in [0.2, 0.25) is 5.02 Å². The van der Waals surface area contributed by atoms with E-state index in [4.69, 9.17) is 17.3 Å². The standard InChI is InChI=1S/C24H29ClN4O2/c25-19-9-8-17(14-26)18(13-19)15-28-23(30)21-7-4-12-29(21)24(31)22-20(10-11-27-22)16-5-2-1-3-6-16/h1-3,5-6,8-9,13,20-22,27H,4,7,10-12,14-15,26H2,(H,28,30)/t20?,21-,22?/m0/s1. The number of carbonyl (C=O) groups is 2. The topological polar surface area (TPSA) is 87.5 Å². The van der Waals surface area contributed by atoms with Crippen LogP contribution in [-0.4, -0.2) is 41.9 Å². The third kappa shape index (κ3) is 4.76. The first-order valence-corrected chi connectivity index (χ1v) is 11.3. The number of nitrogens with one attached hydrogen (secondary N) is 2. The third-order valence-corrected chi connectivity index (χ3v) is 6.63. The SMILES string of the molecule is NCc1ccc(Cl)cc1CNC(=O)[C@@H]1CCCN1C(=O)C1NCCC1c1ccccc1. The predicted molar refractivity (Wildman–Crippen MR) is 122 cm³/mol. The summed E-state index contributed by atoms with van der Waals surface area (Å²) < 4.78 is 0. The molecule has 2 aromatic rings. The highest BCUT2D eigenvalue weighted by Gasteiger charge is 2.41. The average molecular weight is 441 g/mol. The summed E-state index contributed by atoms with van der Waals surface area (Å²) >= 11 is 6.10. The van der Waals surface area contributed by atoms with Gasteiger partial charge in [-0.1, -0.05) is 48.0 Å². The zero-order valence-corrected chi connectivity index (χ0v) is 18.3. The van der Waals surface area contributed by atoms with Crippen molar-refractivity contribution in [3.63, 3.8) is 0 Å². The smallest absolute Gasteiger partial charge is 0.243 e. The van der Waals surface area contributed by atoms with Crippen LogP contribution >= 0.6 is 11.6 Å². The predicted octanol–water partition coefficient (Wildman–Crippen LogP) is 2.55. The zero-order valence-electron chi connectivity index (χ0n) is 17.5. The molecule has 2 unspecified atom stereocenters.